The third kappa shape index (κ3) is 3.20. The molecular formula is C19H20N4O2. The van der Waals surface area contributed by atoms with Crippen LogP contribution in [0.15, 0.2) is 53.2 Å². The van der Waals surface area contributed by atoms with Gasteiger partial charge in [-0.25, -0.2) is 4.63 Å². The van der Waals surface area contributed by atoms with E-state index in [1.165, 1.54) is 5.69 Å². The average molecular weight is 336 g/mol. The number of fused-ring (bicyclic) bond motifs is 1. The molecule has 1 aliphatic rings. The molecule has 0 spiro atoms. The normalized spacial score (nSPS) is 17.2. The average Bonchev–Trinajstić information content (AvgIpc) is 3.30. The van der Waals surface area contributed by atoms with E-state index in [0.29, 0.717) is 22.5 Å². The lowest BCUT2D eigenvalue weighted by Gasteiger charge is -2.22. The van der Waals surface area contributed by atoms with E-state index in [4.69, 9.17) is 4.63 Å². The molecule has 1 saturated heterocycles. The number of hydrogen-bond donors (Lipinski definition) is 0. The third-order valence-corrected chi connectivity index (χ3v) is 4.79. The highest BCUT2D eigenvalue weighted by Crippen LogP contribution is 2.24. The van der Waals surface area contributed by atoms with Gasteiger partial charge in [0.15, 0.2) is 0 Å². The van der Waals surface area contributed by atoms with E-state index in [2.05, 4.69) is 39.5 Å². The first-order valence-electron chi connectivity index (χ1n) is 8.48. The molecule has 1 unspecified atom stereocenters. The maximum Gasteiger partial charge on any atom is 0.253 e. The summed E-state index contributed by atoms with van der Waals surface area (Å²) < 4.78 is 4.69. The highest BCUT2D eigenvalue weighted by Gasteiger charge is 2.25. The first-order chi connectivity index (χ1) is 12.2. The van der Waals surface area contributed by atoms with Gasteiger partial charge in [-0.3, -0.25) is 4.79 Å². The van der Waals surface area contributed by atoms with E-state index < -0.39 is 0 Å². The molecule has 1 fully saturated rings. The Morgan fingerprint density at radius 1 is 1.20 bits per heavy atom. The number of hydrogen-bond acceptors (Lipinski definition) is 5. The van der Waals surface area contributed by atoms with E-state index in [-0.39, 0.29) is 5.91 Å². The molecule has 1 aromatic heterocycles. The van der Waals surface area contributed by atoms with Crippen molar-refractivity contribution in [2.75, 3.05) is 31.6 Å². The smallest absolute Gasteiger partial charge is 0.253 e. The van der Waals surface area contributed by atoms with Crippen molar-refractivity contribution in [2.45, 2.75) is 6.42 Å². The van der Waals surface area contributed by atoms with Crippen molar-refractivity contribution in [3.63, 3.8) is 0 Å². The van der Waals surface area contributed by atoms with Gasteiger partial charge in [0.05, 0.1) is 0 Å². The number of carbonyl (C=O) groups excluding carboxylic acids is 1. The van der Waals surface area contributed by atoms with Gasteiger partial charge in [0.2, 0.25) is 0 Å². The van der Waals surface area contributed by atoms with E-state index >= 15 is 0 Å². The van der Waals surface area contributed by atoms with Crippen LogP contribution in [0.25, 0.3) is 11.0 Å². The lowest BCUT2D eigenvalue weighted by Crippen LogP contribution is -2.33. The van der Waals surface area contributed by atoms with Crippen LogP contribution in [0, 0.1) is 5.92 Å². The Balaban J connectivity index is 1.40. The van der Waals surface area contributed by atoms with Crippen LogP contribution < -0.4 is 4.90 Å². The van der Waals surface area contributed by atoms with Crippen molar-refractivity contribution in [1.82, 2.24) is 15.2 Å². The maximum atomic E-state index is 12.7. The van der Waals surface area contributed by atoms with Crippen LogP contribution in [-0.4, -0.2) is 47.8 Å². The fraction of sp³-hybridized carbons (Fsp3) is 0.316. The molecule has 6 heteroatoms. The molecule has 25 heavy (non-hydrogen) atoms. The molecule has 0 bridgehead atoms. The number of nitrogens with zero attached hydrogens (tertiary/aromatic N) is 4. The molecule has 0 radical (unpaired) electrons. The summed E-state index contributed by atoms with van der Waals surface area (Å²) in [5.74, 6) is 0.481. The number of para-hydroxylation sites is 1. The molecule has 4 rings (SSSR count). The zero-order valence-corrected chi connectivity index (χ0v) is 14.1. The molecule has 6 nitrogen and oxygen atoms in total. The summed E-state index contributed by atoms with van der Waals surface area (Å²) in [4.78, 5) is 16.9. The fourth-order valence-corrected chi connectivity index (χ4v) is 3.46. The zero-order valence-electron chi connectivity index (χ0n) is 14.1. The van der Waals surface area contributed by atoms with E-state index in [1.807, 2.05) is 13.1 Å². The van der Waals surface area contributed by atoms with Crippen LogP contribution in [0.3, 0.4) is 0 Å². The predicted molar refractivity (Wildman–Crippen MR) is 95.5 cm³/mol. The SMILES string of the molecule is CN(CC1CCN(c2ccccc2)C1)C(=O)c1ccc2nonc2c1. The largest absolute Gasteiger partial charge is 0.371 e. The summed E-state index contributed by atoms with van der Waals surface area (Å²) in [6.45, 7) is 2.76. The lowest BCUT2D eigenvalue weighted by molar-refractivity contribution is 0.0776. The molecule has 128 valence electrons. The Hall–Kier alpha value is -2.89. The number of aromatic nitrogens is 2. The molecule has 1 atom stereocenters. The molecular weight excluding hydrogens is 316 g/mol. The van der Waals surface area contributed by atoms with Crippen molar-refractivity contribution < 1.29 is 9.42 Å². The summed E-state index contributed by atoms with van der Waals surface area (Å²) in [6.07, 6.45) is 1.10. The predicted octanol–water partition coefficient (Wildman–Crippen LogP) is 2.82. The first kappa shape index (κ1) is 15.6. The van der Waals surface area contributed by atoms with Crippen LogP contribution in [0.5, 0.6) is 0 Å². The quantitative estimate of drug-likeness (QED) is 0.733. The Morgan fingerprint density at radius 3 is 2.84 bits per heavy atom. The molecule has 1 amide bonds. The van der Waals surface area contributed by atoms with Crippen molar-refractivity contribution in [3.8, 4) is 0 Å². The van der Waals surface area contributed by atoms with Gasteiger partial charge in [-0.15, -0.1) is 0 Å². The van der Waals surface area contributed by atoms with Crippen molar-refractivity contribution in [1.29, 1.82) is 0 Å². The van der Waals surface area contributed by atoms with Gasteiger partial charge >= 0.3 is 0 Å². The molecule has 2 heterocycles. The minimum atomic E-state index is 0.00283. The zero-order chi connectivity index (χ0) is 17.2. The van der Waals surface area contributed by atoms with E-state index in [9.17, 15) is 4.79 Å². The summed E-state index contributed by atoms with van der Waals surface area (Å²) in [5.41, 5.74) is 3.13. The fourth-order valence-electron chi connectivity index (χ4n) is 3.46. The van der Waals surface area contributed by atoms with Crippen molar-refractivity contribution in [3.05, 3.63) is 54.1 Å². The first-order valence-corrected chi connectivity index (χ1v) is 8.48. The van der Waals surface area contributed by atoms with Gasteiger partial charge in [0, 0.05) is 37.9 Å². The number of amides is 1. The molecule has 2 aromatic carbocycles. The van der Waals surface area contributed by atoms with E-state index in [0.717, 1.165) is 26.1 Å². The number of benzene rings is 2. The van der Waals surface area contributed by atoms with Crippen LogP contribution >= 0.6 is 0 Å². The van der Waals surface area contributed by atoms with Crippen molar-refractivity contribution >= 4 is 22.6 Å². The minimum absolute atomic E-state index is 0.00283. The summed E-state index contributed by atoms with van der Waals surface area (Å²) in [7, 11) is 1.86. The van der Waals surface area contributed by atoms with Crippen LogP contribution in [0.1, 0.15) is 16.8 Å². The standard InChI is InChI=1S/C19H20N4O2/c1-22(19(24)15-7-8-17-18(11-15)21-25-20-17)12-14-9-10-23(13-14)16-5-3-2-4-6-16/h2-8,11,14H,9-10,12-13H2,1H3. The van der Waals surface area contributed by atoms with Crippen LogP contribution in [0.2, 0.25) is 0 Å². The second kappa shape index (κ2) is 6.55. The monoisotopic (exact) mass is 336 g/mol. The Labute approximate surface area is 146 Å². The maximum absolute atomic E-state index is 12.7. The van der Waals surface area contributed by atoms with Gasteiger partial charge in [-0.1, -0.05) is 18.2 Å². The lowest BCUT2D eigenvalue weighted by atomic mass is 10.1. The number of carbonyl (C=O) groups is 1. The summed E-state index contributed by atoms with van der Waals surface area (Å²) >= 11 is 0. The third-order valence-electron chi connectivity index (χ3n) is 4.79. The van der Waals surface area contributed by atoms with Crippen molar-refractivity contribution in [2.24, 2.45) is 5.92 Å². The molecule has 0 aliphatic carbocycles. The molecule has 3 aromatic rings. The number of rotatable bonds is 4. The molecule has 0 N–H and O–H groups in total. The minimum Gasteiger partial charge on any atom is -0.371 e. The van der Waals surface area contributed by atoms with Crippen LogP contribution in [-0.2, 0) is 0 Å². The summed E-state index contributed by atoms with van der Waals surface area (Å²) in [6, 6.07) is 15.7. The summed E-state index contributed by atoms with van der Waals surface area (Å²) in [5, 5.41) is 7.57. The highest BCUT2D eigenvalue weighted by atomic mass is 16.6. The Bertz CT molecular complexity index is 877. The molecule has 1 aliphatic heterocycles. The highest BCUT2D eigenvalue weighted by molar-refractivity contribution is 5.97. The number of anilines is 1. The van der Waals surface area contributed by atoms with Gasteiger partial charge in [0.1, 0.15) is 11.0 Å². The Kier molecular flexibility index (Phi) is 4.09. The Morgan fingerprint density at radius 2 is 2.00 bits per heavy atom. The van der Waals surface area contributed by atoms with Gasteiger partial charge in [0.25, 0.3) is 5.91 Å². The second-order valence-corrected chi connectivity index (χ2v) is 6.59. The van der Waals surface area contributed by atoms with Gasteiger partial charge < -0.3 is 9.80 Å². The van der Waals surface area contributed by atoms with Gasteiger partial charge in [-0.05, 0) is 53.0 Å². The van der Waals surface area contributed by atoms with Crippen LogP contribution in [0.4, 0.5) is 5.69 Å². The second-order valence-electron chi connectivity index (χ2n) is 6.59. The van der Waals surface area contributed by atoms with E-state index in [1.54, 1.807) is 23.1 Å². The topological polar surface area (TPSA) is 62.5 Å². The van der Waals surface area contributed by atoms with Gasteiger partial charge in [-0.2, -0.15) is 0 Å². The molecule has 0 saturated carbocycles.